The van der Waals surface area contributed by atoms with Crippen molar-refractivity contribution in [3.05, 3.63) is 65.5 Å². The second-order valence-corrected chi connectivity index (χ2v) is 5.94. The number of unbranched alkanes of at least 4 members (excludes halogenated alkanes) is 1. The lowest BCUT2D eigenvalue weighted by atomic mass is 10.1. The van der Waals surface area contributed by atoms with Crippen molar-refractivity contribution >= 4 is 17.7 Å². The molecule has 0 saturated heterocycles. The van der Waals surface area contributed by atoms with Crippen molar-refractivity contribution in [1.29, 1.82) is 0 Å². The monoisotopic (exact) mass is 374 g/mol. The lowest BCUT2D eigenvalue weighted by molar-refractivity contribution is 0.0499. The lowest BCUT2D eigenvalue weighted by Crippen LogP contribution is -2.32. The van der Waals surface area contributed by atoms with Crippen molar-refractivity contribution in [3.63, 3.8) is 0 Å². The Morgan fingerprint density at radius 2 is 1.85 bits per heavy atom. The molecule has 2 amide bonds. The average Bonchev–Trinajstić information content (AvgIpc) is 2.67. The molecule has 144 valence electrons. The van der Waals surface area contributed by atoms with Gasteiger partial charge in [-0.1, -0.05) is 31.5 Å². The van der Waals surface area contributed by atoms with Gasteiger partial charge >= 0.3 is 12.0 Å². The third-order valence-corrected chi connectivity index (χ3v) is 3.83. The molecule has 0 aliphatic heterocycles. The van der Waals surface area contributed by atoms with Gasteiger partial charge in [0, 0.05) is 17.8 Å². The van der Waals surface area contributed by atoms with Crippen molar-refractivity contribution in [2.75, 3.05) is 18.5 Å². The zero-order valence-corrected chi connectivity index (χ0v) is 15.1. The molecule has 3 N–H and O–H groups in total. The summed E-state index contributed by atoms with van der Waals surface area (Å²) in [5.41, 5.74) is 0.980. The van der Waals surface area contributed by atoms with Gasteiger partial charge in [0.25, 0.3) is 0 Å². The Balaban J connectivity index is 1.82. The first-order valence-electron chi connectivity index (χ1n) is 8.75. The predicted octanol–water partition coefficient (Wildman–Crippen LogP) is 3.64. The first-order chi connectivity index (χ1) is 13.0. The number of aliphatic hydroxyl groups excluding tert-OH is 1. The fourth-order valence-electron chi connectivity index (χ4n) is 2.30. The summed E-state index contributed by atoms with van der Waals surface area (Å²) in [6, 6.07) is 11.5. The third-order valence-electron chi connectivity index (χ3n) is 3.83. The number of carbonyl (C=O) groups excluding carboxylic acids is 2. The second kappa shape index (κ2) is 10.3. The van der Waals surface area contributed by atoms with Gasteiger partial charge in [0.05, 0.1) is 18.3 Å². The van der Waals surface area contributed by atoms with Gasteiger partial charge in [0.15, 0.2) is 0 Å². The van der Waals surface area contributed by atoms with Gasteiger partial charge in [0.2, 0.25) is 0 Å². The molecule has 0 radical (unpaired) electrons. The summed E-state index contributed by atoms with van der Waals surface area (Å²) < 4.78 is 18.7. The van der Waals surface area contributed by atoms with Crippen LogP contribution in [0.5, 0.6) is 0 Å². The average molecular weight is 374 g/mol. The summed E-state index contributed by atoms with van der Waals surface area (Å²) in [6.45, 7) is 2.24. The van der Waals surface area contributed by atoms with E-state index in [1.165, 1.54) is 18.2 Å². The zero-order valence-electron chi connectivity index (χ0n) is 15.1. The maximum Gasteiger partial charge on any atom is 0.338 e. The van der Waals surface area contributed by atoms with E-state index in [4.69, 9.17) is 4.74 Å². The van der Waals surface area contributed by atoms with E-state index >= 15 is 0 Å². The van der Waals surface area contributed by atoms with Crippen LogP contribution < -0.4 is 10.6 Å². The number of esters is 1. The molecule has 2 aromatic rings. The van der Waals surface area contributed by atoms with Crippen molar-refractivity contribution in [1.82, 2.24) is 5.32 Å². The fraction of sp³-hybridized carbons (Fsp3) is 0.300. The SMILES string of the molecule is CCCCOC(=O)c1ccc(NC(=O)NCC(O)c2ccccc2F)cc1. The molecular weight excluding hydrogens is 351 g/mol. The van der Waals surface area contributed by atoms with Crippen LogP contribution in [0.3, 0.4) is 0 Å². The number of anilines is 1. The molecule has 2 aromatic carbocycles. The Labute approximate surface area is 157 Å². The van der Waals surface area contributed by atoms with Crippen LogP contribution >= 0.6 is 0 Å². The Bertz CT molecular complexity index is 765. The molecule has 0 aliphatic carbocycles. The highest BCUT2D eigenvalue weighted by atomic mass is 19.1. The topological polar surface area (TPSA) is 87.7 Å². The standard InChI is InChI=1S/C20H23FN2O4/c1-2-3-12-27-19(25)14-8-10-15(11-9-14)23-20(26)22-13-18(24)16-6-4-5-7-17(16)21/h4-11,18,24H,2-3,12-13H2,1H3,(H2,22,23,26). The molecule has 7 heteroatoms. The molecular formula is C20H23FN2O4. The third kappa shape index (κ3) is 6.38. The van der Waals surface area contributed by atoms with E-state index in [2.05, 4.69) is 10.6 Å². The highest BCUT2D eigenvalue weighted by molar-refractivity contribution is 5.92. The first-order valence-corrected chi connectivity index (χ1v) is 8.75. The predicted molar refractivity (Wildman–Crippen MR) is 100 cm³/mol. The van der Waals surface area contributed by atoms with E-state index in [0.29, 0.717) is 17.9 Å². The number of ether oxygens (including phenoxy) is 1. The van der Waals surface area contributed by atoms with Crippen molar-refractivity contribution in [2.45, 2.75) is 25.9 Å². The van der Waals surface area contributed by atoms with E-state index in [1.807, 2.05) is 6.92 Å². The van der Waals surface area contributed by atoms with E-state index in [0.717, 1.165) is 12.8 Å². The van der Waals surface area contributed by atoms with Crippen LogP contribution in [0.4, 0.5) is 14.9 Å². The second-order valence-electron chi connectivity index (χ2n) is 5.94. The molecule has 0 fully saturated rings. The largest absolute Gasteiger partial charge is 0.462 e. The number of hydrogen-bond acceptors (Lipinski definition) is 4. The van der Waals surface area contributed by atoms with Crippen LogP contribution in [0, 0.1) is 5.82 Å². The number of hydrogen-bond donors (Lipinski definition) is 3. The smallest absolute Gasteiger partial charge is 0.338 e. The summed E-state index contributed by atoms with van der Waals surface area (Å²) in [5.74, 6) is -0.943. The van der Waals surface area contributed by atoms with Gasteiger partial charge in [-0.15, -0.1) is 0 Å². The van der Waals surface area contributed by atoms with E-state index in [1.54, 1.807) is 30.3 Å². The van der Waals surface area contributed by atoms with Gasteiger partial charge in [0.1, 0.15) is 5.82 Å². The van der Waals surface area contributed by atoms with Gasteiger partial charge in [-0.05, 0) is 36.8 Å². The number of halogens is 1. The van der Waals surface area contributed by atoms with Crippen molar-refractivity contribution < 1.29 is 23.8 Å². The minimum absolute atomic E-state index is 0.115. The quantitative estimate of drug-likeness (QED) is 0.486. The van der Waals surface area contributed by atoms with Crippen LogP contribution in [0.25, 0.3) is 0 Å². The minimum Gasteiger partial charge on any atom is -0.462 e. The summed E-state index contributed by atoms with van der Waals surface area (Å²) >= 11 is 0. The normalized spacial score (nSPS) is 11.5. The van der Waals surface area contributed by atoms with E-state index in [9.17, 15) is 19.1 Å². The van der Waals surface area contributed by atoms with Crippen LogP contribution in [0.1, 0.15) is 41.8 Å². The van der Waals surface area contributed by atoms with Crippen LogP contribution in [-0.4, -0.2) is 30.3 Å². The first kappa shape index (κ1) is 20.4. The molecule has 2 rings (SSSR count). The van der Waals surface area contributed by atoms with Gasteiger partial charge in [-0.2, -0.15) is 0 Å². The number of urea groups is 1. The zero-order chi connectivity index (χ0) is 19.6. The van der Waals surface area contributed by atoms with Crippen molar-refractivity contribution in [2.24, 2.45) is 0 Å². The van der Waals surface area contributed by atoms with Crippen LogP contribution in [0.15, 0.2) is 48.5 Å². The van der Waals surface area contributed by atoms with Crippen molar-refractivity contribution in [3.8, 4) is 0 Å². The molecule has 1 atom stereocenters. The molecule has 0 saturated carbocycles. The highest BCUT2D eigenvalue weighted by Crippen LogP contribution is 2.16. The molecule has 0 spiro atoms. The summed E-state index contributed by atoms with van der Waals surface area (Å²) in [5, 5.41) is 15.0. The number of carbonyl (C=O) groups is 2. The summed E-state index contributed by atoms with van der Waals surface area (Å²) in [6.07, 6.45) is 0.596. The Morgan fingerprint density at radius 1 is 1.15 bits per heavy atom. The van der Waals surface area contributed by atoms with Gasteiger partial charge in [-0.25, -0.2) is 14.0 Å². The van der Waals surface area contributed by atoms with E-state index < -0.39 is 23.9 Å². The maximum absolute atomic E-state index is 13.6. The Kier molecular flexibility index (Phi) is 7.76. The minimum atomic E-state index is -1.16. The molecule has 0 heterocycles. The highest BCUT2D eigenvalue weighted by Gasteiger charge is 2.13. The van der Waals surface area contributed by atoms with Crippen LogP contribution in [0.2, 0.25) is 0 Å². The van der Waals surface area contributed by atoms with E-state index in [-0.39, 0.29) is 12.1 Å². The maximum atomic E-state index is 13.6. The summed E-state index contributed by atoms with van der Waals surface area (Å²) in [4.78, 5) is 23.7. The van der Waals surface area contributed by atoms with Gasteiger partial charge in [-0.3, -0.25) is 0 Å². The molecule has 0 aromatic heterocycles. The fourth-order valence-corrected chi connectivity index (χ4v) is 2.30. The number of amides is 2. The Hall–Kier alpha value is -2.93. The Morgan fingerprint density at radius 3 is 2.52 bits per heavy atom. The van der Waals surface area contributed by atoms with Gasteiger partial charge < -0.3 is 20.5 Å². The number of aliphatic hydroxyl groups is 1. The number of rotatable bonds is 8. The number of benzene rings is 2. The molecule has 27 heavy (non-hydrogen) atoms. The molecule has 6 nitrogen and oxygen atoms in total. The number of nitrogens with one attached hydrogen (secondary N) is 2. The molecule has 0 aliphatic rings. The molecule has 1 unspecified atom stereocenters. The van der Waals surface area contributed by atoms with Crippen LogP contribution in [-0.2, 0) is 4.74 Å². The lowest BCUT2D eigenvalue weighted by Gasteiger charge is -2.13. The molecule has 0 bridgehead atoms. The summed E-state index contributed by atoms with van der Waals surface area (Å²) in [7, 11) is 0.